The number of aromatic amines is 1. The Morgan fingerprint density at radius 2 is 2.14 bits per heavy atom. The van der Waals surface area contributed by atoms with E-state index in [1.807, 2.05) is 18.5 Å². The van der Waals surface area contributed by atoms with E-state index in [4.69, 9.17) is 4.99 Å². The normalized spacial score (nSPS) is 16.9. The zero-order valence-corrected chi connectivity index (χ0v) is 12.2. The van der Waals surface area contributed by atoms with Gasteiger partial charge in [0.25, 0.3) is 0 Å². The van der Waals surface area contributed by atoms with E-state index in [1.54, 1.807) is 6.20 Å². The van der Waals surface area contributed by atoms with Gasteiger partial charge in [-0.3, -0.25) is 15.1 Å². The summed E-state index contributed by atoms with van der Waals surface area (Å²) in [6.07, 6.45) is 9.90. The second-order valence-electron chi connectivity index (χ2n) is 5.46. The minimum atomic E-state index is 0.890. The number of fused-ring (bicyclic) bond motifs is 1. The average Bonchev–Trinajstić information content (AvgIpc) is 3.04. The van der Waals surface area contributed by atoms with Gasteiger partial charge in [-0.05, 0) is 48.3 Å². The topological polar surface area (TPSA) is 53.9 Å². The number of benzene rings is 1. The summed E-state index contributed by atoms with van der Waals surface area (Å²) < 4.78 is 0. The van der Waals surface area contributed by atoms with Crippen molar-refractivity contribution in [2.24, 2.45) is 4.99 Å². The van der Waals surface area contributed by atoms with Crippen molar-refractivity contribution in [1.29, 1.82) is 0 Å². The molecule has 0 saturated carbocycles. The number of rotatable bonds is 2. The van der Waals surface area contributed by atoms with Crippen molar-refractivity contribution < 1.29 is 0 Å². The van der Waals surface area contributed by atoms with Gasteiger partial charge in [0.2, 0.25) is 0 Å². The van der Waals surface area contributed by atoms with Crippen LogP contribution >= 0.6 is 0 Å². The second-order valence-corrected chi connectivity index (χ2v) is 5.46. The predicted molar refractivity (Wildman–Crippen MR) is 88.9 cm³/mol. The first-order valence-electron chi connectivity index (χ1n) is 7.49. The van der Waals surface area contributed by atoms with Gasteiger partial charge < -0.3 is 0 Å². The summed E-state index contributed by atoms with van der Waals surface area (Å²) >= 11 is 0. The van der Waals surface area contributed by atoms with Gasteiger partial charge in [-0.1, -0.05) is 12.1 Å². The van der Waals surface area contributed by atoms with Crippen molar-refractivity contribution in [2.75, 3.05) is 6.54 Å². The van der Waals surface area contributed by atoms with E-state index in [1.165, 1.54) is 11.1 Å². The van der Waals surface area contributed by atoms with E-state index in [2.05, 4.69) is 45.5 Å². The molecule has 1 aliphatic rings. The minimum Gasteiger partial charge on any atom is -0.284 e. The lowest BCUT2D eigenvalue weighted by molar-refractivity contribution is 0.818. The first kappa shape index (κ1) is 13.0. The van der Waals surface area contributed by atoms with Crippen LogP contribution in [0.25, 0.3) is 17.0 Å². The molecule has 1 aliphatic heterocycles. The highest BCUT2D eigenvalue weighted by atomic mass is 15.1. The Bertz CT molecular complexity index is 859. The maximum absolute atomic E-state index is 4.72. The fourth-order valence-corrected chi connectivity index (χ4v) is 2.85. The van der Waals surface area contributed by atoms with Crippen molar-refractivity contribution in [3.05, 3.63) is 65.6 Å². The number of H-pyrrole nitrogens is 1. The van der Waals surface area contributed by atoms with Crippen molar-refractivity contribution in [1.82, 2.24) is 15.2 Å². The van der Waals surface area contributed by atoms with E-state index in [0.29, 0.717) is 0 Å². The lowest BCUT2D eigenvalue weighted by atomic mass is 9.95. The molecule has 0 aliphatic carbocycles. The molecule has 0 spiro atoms. The largest absolute Gasteiger partial charge is 0.284 e. The molecule has 4 nitrogen and oxygen atoms in total. The molecule has 22 heavy (non-hydrogen) atoms. The van der Waals surface area contributed by atoms with Crippen molar-refractivity contribution in [3.8, 4) is 0 Å². The van der Waals surface area contributed by atoms with Gasteiger partial charge in [0.05, 0.1) is 17.4 Å². The molecule has 3 aromatic rings. The molecule has 0 fully saturated rings. The second kappa shape index (κ2) is 5.56. The number of nitrogens with one attached hydrogen (secondary N) is 1. The molecule has 0 radical (unpaired) electrons. The fraction of sp³-hybridized carbons (Fsp3) is 0.167. The highest BCUT2D eigenvalue weighted by Gasteiger charge is 2.14. The Hall–Kier alpha value is -2.75. The van der Waals surface area contributed by atoms with Gasteiger partial charge >= 0.3 is 0 Å². The zero-order chi connectivity index (χ0) is 14.8. The van der Waals surface area contributed by atoms with Crippen LogP contribution in [-0.2, 0) is 0 Å². The van der Waals surface area contributed by atoms with E-state index >= 15 is 0 Å². The Labute approximate surface area is 128 Å². The molecular formula is C18H16N4. The minimum absolute atomic E-state index is 0.890. The van der Waals surface area contributed by atoms with Gasteiger partial charge in [-0.2, -0.15) is 5.10 Å². The van der Waals surface area contributed by atoms with Crippen LogP contribution in [0, 0.1) is 0 Å². The summed E-state index contributed by atoms with van der Waals surface area (Å²) in [6, 6.07) is 10.4. The van der Waals surface area contributed by atoms with Crippen molar-refractivity contribution >= 4 is 22.7 Å². The van der Waals surface area contributed by atoms with E-state index in [0.717, 1.165) is 41.6 Å². The van der Waals surface area contributed by atoms with Crippen LogP contribution in [0.15, 0.2) is 59.5 Å². The quantitative estimate of drug-likeness (QED) is 0.783. The number of aliphatic imine (C=N–C) groups is 1. The number of hydrogen-bond acceptors (Lipinski definition) is 3. The number of aromatic nitrogens is 3. The first-order chi connectivity index (χ1) is 10.9. The lowest BCUT2D eigenvalue weighted by Crippen LogP contribution is -2.11. The summed E-state index contributed by atoms with van der Waals surface area (Å²) in [6.45, 7) is 0.890. The predicted octanol–water partition coefficient (Wildman–Crippen LogP) is 3.62. The highest BCUT2D eigenvalue weighted by Crippen LogP contribution is 2.23. The average molecular weight is 288 g/mol. The van der Waals surface area contributed by atoms with Crippen molar-refractivity contribution in [3.63, 3.8) is 0 Å². The molecule has 1 N–H and O–H groups in total. The molecule has 4 rings (SSSR count). The first-order valence-corrected chi connectivity index (χ1v) is 7.49. The van der Waals surface area contributed by atoms with Crippen LogP contribution in [0.4, 0.5) is 0 Å². The third-order valence-corrected chi connectivity index (χ3v) is 3.92. The number of pyridine rings is 1. The van der Waals surface area contributed by atoms with Gasteiger partial charge in [0.1, 0.15) is 0 Å². The summed E-state index contributed by atoms with van der Waals surface area (Å²) in [5.41, 5.74) is 5.67. The van der Waals surface area contributed by atoms with Crippen molar-refractivity contribution in [2.45, 2.75) is 12.8 Å². The summed E-state index contributed by atoms with van der Waals surface area (Å²) in [7, 11) is 0. The monoisotopic (exact) mass is 288 g/mol. The summed E-state index contributed by atoms with van der Waals surface area (Å²) in [5.74, 6) is 0. The lowest BCUT2D eigenvalue weighted by Gasteiger charge is -2.16. The van der Waals surface area contributed by atoms with E-state index in [9.17, 15) is 0 Å². The van der Waals surface area contributed by atoms with Crippen LogP contribution in [0.3, 0.4) is 0 Å². The number of nitrogens with zero attached hydrogens (tertiary/aromatic N) is 3. The highest BCUT2D eigenvalue weighted by molar-refractivity contribution is 6.15. The molecule has 2 aromatic heterocycles. The number of hydrogen-bond donors (Lipinski definition) is 1. The molecule has 0 saturated heterocycles. The molecule has 0 unspecified atom stereocenters. The Kier molecular flexibility index (Phi) is 3.27. The molecule has 1 aromatic carbocycles. The number of allylic oxidation sites excluding steroid dienone is 1. The summed E-state index contributed by atoms with van der Waals surface area (Å²) in [5, 5.41) is 8.23. The molecule has 0 bridgehead atoms. The van der Waals surface area contributed by atoms with Crippen LogP contribution in [-0.4, -0.2) is 27.4 Å². The Morgan fingerprint density at radius 1 is 1.14 bits per heavy atom. The van der Waals surface area contributed by atoms with Crippen LogP contribution in [0.2, 0.25) is 0 Å². The molecule has 0 amide bonds. The maximum atomic E-state index is 4.72. The van der Waals surface area contributed by atoms with Gasteiger partial charge in [0.15, 0.2) is 0 Å². The molecule has 108 valence electrons. The third kappa shape index (κ3) is 2.44. The summed E-state index contributed by atoms with van der Waals surface area (Å²) in [4.78, 5) is 8.93. The van der Waals surface area contributed by atoms with Crippen LogP contribution < -0.4 is 0 Å². The molecule has 3 heterocycles. The molecule has 4 heteroatoms. The Balaban J connectivity index is 1.75. The van der Waals surface area contributed by atoms with E-state index in [-0.39, 0.29) is 0 Å². The van der Waals surface area contributed by atoms with Gasteiger partial charge in [0, 0.05) is 29.9 Å². The standard InChI is InChI=1S/C18H16N4/c1-4-16(11-19-7-1)18-14(3-2-8-20-18)9-13-5-6-15-12-21-22-17(15)10-13/h1,4-7,9-12H,2-3,8H2,(H,21,22). The van der Waals surface area contributed by atoms with Crippen LogP contribution in [0.1, 0.15) is 24.0 Å². The van der Waals surface area contributed by atoms with Gasteiger partial charge in [-0.15, -0.1) is 0 Å². The Morgan fingerprint density at radius 3 is 3.05 bits per heavy atom. The maximum Gasteiger partial charge on any atom is 0.0694 e. The molecule has 0 atom stereocenters. The van der Waals surface area contributed by atoms with Gasteiger partial charge in [-0.25, -0.2) is 0 Å². The zero-order valence-electron chi connectivity index (χ0n) is 12.2. The van der Waals surface area contributed by atoms with E-state index < -0.39 is 0 Å². The van der Waals surface area contributed by atoms with Crippen LogP contribution in [0.5, 0.6) is 0 Å². The fourth-order valence-electron chi connectivity index (χ4n) is 2.85. The third-order valence-electron chi connectivity index (χ3n) is 3.92. The SMILES string of the molecule is C(=C1CCCN=C1c1cccnc1)c1ccc2cn[nH]c2c1. The smallest absolute Gasteiger partial charge is 0.0694 e. The molecular weight excluding hydrogens is 272 g/mol.